The predicted octanol–water partition coefficient (Wildman–Crippen LogP) is 3.74. The quantitative estimate of drug-likeness (QED) is 0.534. The Kier molecular flexibility index (Phi) is 5.41. The van der Waals surface area contributed by atoms with Crippen molar-refractivity contribution in [1.82, 2.24) is 5.43 Å². The number of hydrazone groups is 1. The second kappa shape index (κ2) is 8.09. The highest BCUT2D eigenvalue weighted by Crippen LogP contribution is 2.12. The van der Waals surface area contributed by atoms with Crippen LogP contribution in [0.5, 0.6) is 0 Å². The Bertz CT molecular complexity index is 976. The molecule has 2 N–H and O–H groups in total. The van der Waals surface area contributed by atoms with E-state index in [1.807, 2.05) is 6.92 Å². The number of aryl methyl sites for hydroxylation is 1. The van der Waals surface area contributed by atoms with Gasteiger partial charge in [0.1, 0.15) is 17.3 Å². The van der Waals surface area contributed by atoms with Crippen LogP contribution in [0.4, 0.5) is 10.1 Å². The first-order valence-electron chi connectivity index (χ1n) is 8.08. The Hall–Kier alpha value is -3.74. The Balaban J connectivity index is 1.57. The second-order valence-electron chi connectivity index (χ2n) is 5.69. The molecule has 0 saturated heterocycles. The Labute approximate surface area is 154 Å². The van der Waals surface area contributed by atoms with Gasteiger partial charge in [0.2, 0.25) is 0 Å². The van der Waals surface area contributed by atoms with Crippen molar-refractivity contribution in [3.8, 4) is 0 Å². The van der Waals surface area contributed by atoms with Crippen LogP contribution in [-0.4, -0.2) is 18.0 Å². The Morgan fingerprint density at radius 1 is 0.926 bits per heavy atom. The third kappa shape index (κ3) is 4.88. The fourth-order valence-corrected chi connectivity index (χ4v) is 2.25. The molecule has 1 aromatic heterocycles. The molecule has 0 spiro atoms. The van der Waals surface area contributed by atoms with Gasteiger partial charge in [0.05, 0.1) is 6.21 Å². The summed E-state index contributed by atoms with van der Waals surface area (Å²) < 4.78 is 18.2. The number of hydrogen-bond acceptors (Lipinski definition) is 4. The van der Waals surface area contributed by atoms with Gasteiger partial charge < -0.3 is 9.73 Å². The first-order valence-corrected chi connectivity index (χ1v) is 8.08. The van der Waals surface area contributed by atoms with Gasteiger partial charge in [-0.15, -0.1) is 0 Å². The van der Waals surface area contributed by atoms with Crippen LogP contribution < -0.4 is 10.7 Å². The summed E-state index contributed by atoms with van der Waals surface area (Å²) in [6.45, 7) is 1.81. The third-order valence-corrected chi connectivity index (χ3v) is 3.63. The lowest BCUT2D eigenvalue weighted by molar-refractivity contribution is 0.0954. The lowest BCUT2D eigenvalue weighted by atomic mass is 10.1. The summed E-state index contributed by atoms with van der Waals surface area (Å²) in [4.78, 5) is 24.1. The van der Waals surface area contributed by atoms with Gasteiger partial charge in [-0.2, -0.15) is 5.10 Å². The smallest absolute Gasteiger partial charge is 0.271 e. The minimum Gasteiger partial charge on any atom is -0.460 e. The number of rotatable bonds is 5. The molecule has 3 rings (SSSR count). The minimum absolute atomic E-state index is 0.334. The van der Waals surface area contributed by atoms with E-state index in [4.69, 9.17) is 4.42 Å². The number of carbonyl (C=O) groups excluding carboxylic acids is 2. The normalized spacial score (nSPS) is 10.7. The summed E-state index contributed by atoms with van der Waals surface area (Å²) in [5.41, 5.74) is 3.62. The lowest BCUT2D eigenvalue weighted by Crippen LogP contribution is -2.17. The van der Waals surface area contributed by atoms with E-state index in [-0.39, 0.29) is 5.91 Å². The van der Waals surface area contributed by atoms with E-state index in [1.165, 1.54) is 30.5 Å². The lowest BCUT2D eigenvalue weighted by Gasteiger charge is -2.06. The molecule has 0 fully saturated rings. The molecular weight excluding hydrogens is 349 g/mol. The van der Waals surface area contributed by atoms with Crippen LogP contribution >= 0.6 is 0 Å². The SMILES string of the molecule is Cc1ccc(/C=N\NC(=O)c2ccc(NC(=O)c3ccc(F)cc3)cc2)o1. The number of amides is 2. The van der Waals surface area contributed by atoms with Gasteiger partial charge in [-0.05, 0) is 67.6 Å². The van der Waals surface area contributed by atoms with E-state index < -0.39 is 11.7 Å². The minimum atomic E-state index is -0.410. The molecular formula is C20H16FN3O3. The van der Waals surface area contributed by atoms with Crippen molar-refractivity contribution in [2.75, 3.05) is 5.32 Å². The van der Waals surface area contributed by atoms with Crippen molar-refractivity contribution in [1.29, 1.82) is 0 Å². The van der Waals surface area contributed by atoms with E-state index in [0.717, 1.165) is 5.76 Å². The maximum Gasteiger partial charge on any atom is 0.271 e. The molecule has 2 aromatic carbocycles. The Morgan fingerprint density at radius 2 is 1.56 bits per heavy atom. The highest BCUT2D eigenvalue weighted by Gasteiger charge is 2.08. The molecule has 0 unspecified atom stereocenters. The molecule has 136 valence electrons. The van der Waals surface area contributed by atoms with Crippen molar-refractivity contribution < 1.29 is 18.4 Å². The molecule has 0 saturated carbocycles. The molecule has 2 amide bonds. The van der Waals surface area contributed by atoms with Crippen molar-refractivity contribution in [2.24, 2.45) is 5.10 Å². The molecule has 0 atom stereocenters. The number of nitrogens with one attached hydrogen (secondary N) is 2. The number of halogens is 1. The maximum atomic E-state index is 12.9. The summed E-state index contributed by atoms with van der Waals surface area (Å²) in [7, 11) is 0. The van der Waals surface area contributed by atoms with E-state index in [1.54, 1.807) is 36.4 Å². The summed E-state index contributed by atoms with van der Waals surface area (Å²) in [6.07, 6.45) is 1.40. The van der Waals surface area contributed by atoms with Crippen molar-refractivity contribution >= 4 is 23.7 Å². The molecule has 0 aliphatic heterocycles. The van der Waals surface area contributed by atoms with Gasteiger partial charge in [-0.1, -0.05) is 0 Å². The van der Waals surface area contributed by atoms with Crippen molar-refractivity contribution in [3.63, 3.8) is 0 Å². The maximum absolute atomic E-state index is 12.9. The van der Waals surface area contributed by atoms with E-state index in [2.05, 4.69) is 15.8 Å². The fraction of sp³-hybridized carbons (Fsp3) is 0.0500. The predicted molar refractivity (Wildman–Crippen MR) is 99.3 cm³/mol. The van der Waals surface area contributed by atoms with Gasteiger partial charge in [0.25, 0.3) is 11.8 Å². The van der Waals surface area contributed by atoms with Gasteiger partial charge >= 0.3 is 0 Å². The van der Waals surface area contributed by atoms with Crippen LogP contribution in [0, 0.1) is 12.7 Å². The van der Waals surface area contributed by atoms with Crippen LogP contribution in [0.3, 0.4) is 0 Å². The first-order chi connectivity index (χ1) is 13.0. The van der Waals surface area contributed by atoms with Gasteiger partial charge in [-0.3, -0.25) is 9.59 Å². The molecule has 7 heteroatoms. The van der Waals surface area contributed by atoms with Gasteiger partial charge in [-0.25, -0.2) is 9.82 Å². The summed E-state index contributed by atoms with van der Waals surface area (Å²) in [6, 6.07) is 15.1. The van der Waals surface area contributed by atoms with Crippen molar-refractivity contribution in [2.45, 2.75) is 6.92 Å². The highest BCUT2D eigenvalue weighted by atomic mass is 19.1. The Morgan fingerprint density at radius 3 is 2.19 bits per heavy atom. The van der Waals surface area contributed by atoms with Crippen LogP contribution in [-0.2, 0) is 0 Å². The number of carbonyl (C=O) groups is 2. The average molecular weight is 365 g/mol. The zero-order valence-electron chi connectivity index (χ0n) is 14.4. The largest absolute Gasteiger partial charge is 0.460 e. The molecule has 27 heavy (non-hydrogen) atoms. The van der Waals surface area contributed by atoms with Crippen LogP contribution in [0.25, 0.3) is 0 Å². The highest BCUT2D eigenvalue weighted by molar-refractivity contribution is 6.04. The summed E-state index contributed by atoms with van der Waals surface area (Å²) in [5, 5.41) is 6.51. The number of nitrogens with zero attached hydrogens (tertiary/aromatic N) is 1. The van der Waals surface area contributed by atoms with E-state index in [0.29, 0.717) is 22.6 Å². The summed E-state index contributed by atoms with van der Waals surface area (Å²) in [5.74, 6) is 0.107. The van der Waals surface area contributed by atoms with Gasteiger partial charge in [0, 0.05) is 16.8 Å². The molecule has 1 heterocycles. The van der Waals surface area contributed by atoms with Crippen molar-refractivity contribution in [3.05, 3.63) is 89.1 Å². The average Bonchev–Trinajstić information content (AvgIpc) is 3.08. The standard InChI is InChI=1S/C20H16FN3O3/c1-13-2-11-18(27-13)12-22-24-20(26)15-5-9-17(10-6-15)23-19(25)14-3-7-16(21)8-4-14/h2-12H,1H3,(H,23,25)(H,24,26)/b22-12-. The third-order valence-electron chi connectivity index (χ3n) is 3.63. The number of furan rings is 1. The van der Waals surface area contributed by atoms with Crippen LogP contribution in [0.1, 0.15) is 32.2 Å². The zero-order chi connectivity index (χ0) is 19.2. The number of benzene rings is 2. The van der Waals surface area contributed by atoms with Crippen LogP contribution in [0.2, 0.25) is 0 Å². The van der Waals surface area contributed by atoms with E-state index >= 15 is 0 Å². The second-order valence-corrected chi connectivity index (χ2v) is 5.69. The molecule has 0 aliphatic rings. The molecule has 6 nitrogen and oxygen atoms in total. The monoisotopic (exact) mass is 365 g/mol. The molecule has 3 aromatic rings. The van der Waals surface area contributed by atoms with Crippen LogP contribution in [0.15, 0.2) is 70.2 Å². The zero-order valence-corrected chi connectivity index (χ0v) is 14.4. The topological polar surface area (TPSA) is 83.7 Å². The van der Waals surface area contributed by atoms with E-state index in [9.17, 15) is 14.0 Å². The first kappa shape index (κ1) is 18.1. The number of hydrogen-bond donors (Lipinski definition) is 2. The fourth-order valence-electron chi connectivity index (χ4n) is 2.25. The van der Waals surface area contributed by atoms with Gasteiger partial charge in [0.15, 0.2) is 0 Å². The molecule has 0 bridgehead atoms. The molecule has 0 radical (unpaired) electrons. The number of anilines is 1. The summed E-state index contributed by atoms with van der Waals surface area (Å²) >= 11 is 0. The molecule has 0 aliphatic carbocycles.